The van der Waals surface area contributed by atoms with Crippen LogP contribution in [0.15, 0.2) is 67.5 Å². The predicted octanol–water partition coefficient (Wildman–Crippen LogP) is 9.93. The normalized spacial score (nSPS) is 13.9. The minimum absolute atomic E-state index is 0.402. The van der Waals surface area contributed by atoms with Crippen molar-refractivity contribution < 1.29 is 4.74 Å². The Hall–Kier alpha value is -3.07. The number of benzene rings is 2. The second kappa shape index (κ2) is 13.9. The lowest BCUT2D eigenvalue weighted by atomic mass is 9.94. The molecule has 1 heterocycles. The van der Waals surface area contributed by atoms with Crippen LogP contribution in [0.5, 0.6) is 5.75 Å². The van der Waals surface area contributed by atoms with Crippen LogP contribution in [-0.4, -0.2) is 12.1 Å². The van der Waals surface area contributed by atoms with Crippen LogP contribution in [-0.2, 0) is 0 Å². The van der Waals surface area contributed by atoms with Gasteiger partial charge in [0.05, 0.1) is 12.6 Å². The maximum Gasteiger partial charge on any atom is 0.124 e. The third kappa shape index (κ3) is 7.22. The molecule has 1 unspecified atom stereocenters. The average molecular weight is 487 g/mol. The van der Waals surface area contributed by atoms with Crippen molar-refractivity contribution in [3.63, 3.8) is 0 Å². The van der Waals surface area contributed by atoms with Crippen LogP contribution in [0.25, 0.3) is 17.0 Å². The van der Waals surface area contributed by atoms with E-state index in [1.165, 1.54) is 42.5 Å². The van der Waals surface area contributed by atoms with Gasteiger partial charge in [0, 0.05) is 34.4 Å². The Morgan fingerprint density at radius 1 is 1.14 bits per heavy atom. The highest BCUT2D eigenvalue weighted by Gasteiger charge is 2.44. The molecule has 2 aromatic carbocycles. The van der Waals surface area contributed by atoms with E-state index in [9.17, 15) is 0 Å². The van der Waals surface area contributed by atoms with E-state index in [1.54, 1.807) is 7.11 Å². The molecule has 1 aliphatic carbocycles. The van der Waals surface area contributed by atoms with Gasteiger partial charge in [-0.3, -0.25) is 4.98 Å². The topological polar surface area (TPSA) is 34.2 Å². The summed E-state index contributed by atoms with van der Waals surface area (Å²) in [6, 6.07) is 14.7. The van der Waals surface area contributed by atoms with Crippen molar-refractivity contribution in [2.24, 2.45) is 5.41 Å². The Bertz CT molecular complexity index is 1130. The largest absolute Gasteiger partial charge is 0.496 e. The molecule has 194 valence electrons. The van der Waals surface area contributed by atoms with E-state index in [4.69, 9.17) is 4.74 Å². The lowest BCUT2D eigenvalue weighted by Crippen LogP contribution is -2.11. The number of hydrogen-bond acceptors (Lipinski definition) is 3. The Morgan fingerprint density at radius 3 is 2.33 bits per heavy atom. The van der Waals surface area contributed by atoms with Gasteiger partial charge in [0.1, 0.15) is 5.75 Å². The molecule has 1 N–H and O–H groups in total. The number of methoxy groups -OCH3 is 1. The van der Waals surface area contributed by atoms with E-state index in [2.05, 4.69) is 81.5 Å². The summed E-state index contributed by atoms with van der Waals surface area (Å²) in [5.74, 6) is 1.40. The fourth-order valence-corrected chi connectivity index (χ4v) is 4.45. The monoisotopic (exact) mass is 486 g/mol. The molecule has 0 spiro atoms. The van der Waals surface area contributed by atoms with Crippen LogP contribution in [0.2, 0.25) is 0 Å². The fourth-order valence-electron chi connectivity index (χ4n) is 4.45. The Kier molecular flexibility index (Phi) is 11.2. The minimum atomic E-state index is 0.402. The van der Waals surface area contributed by atoms with Crippen molar-refractivity contribution in [2.45, 2.75) is 79.6 Å². The molecule has 1 aliphatic rings. The predicted molar refractivity (Wildman–Crippen MR) is 159 cm³/mol. The summed E-state index contributed by atoms with van der Waals surface area (Å²) >= 11 is 0. The molecule has 0 aliphatic heterocycles. The van der Waals surface area contributed by atoms with Crippen molar-refractivity contribution in [2.75, 3.05) is 12.4 Å². The summed E-state index contributed by atoms with van der Waals surface area (Å²) in [5, 5.41) is 4.60. The van der Waals surface area contributed by atoms with Gasteiger partial charge in [-0.25, -0.2) is 0 Å². The number of aromatic nitrogens is 1. The van der Waals surface area contributed by atoms with Gasteiger partial charge in [-0.15, -0.1) is 0 Å². The molecular formula is C33H46N2O. The second-order valence-corrected chi connectivity index (χ2v) is 9.52. The first kappa shape index (κ1) is 29.2. The first-order valence-corrected chi connectivity index (χ1v) is 13.5. The third-order valence-corrected chi connectivity index (χ3v) is 7.06. The van der Waals surface area contributed by atoms with E-state index < -0.39 is 0 Å². The molecule has 1 fully saturated rings. The number of hydrogen-bond donors (Lipinski definition) is 1. The number of nitrogens with one attached hydrogen (secondary N) is 1. The molecule has 1 saturated carbocycles. The molecule has 1 aromatic heterocycles. The summed E-state index contributed by atoms with van der Waals surface area (Å²) in [7, 11) is 1.71. The van der Waals surface area contributed by atoms with Gasteiger partial charge >= 0.3 is 0 Å². The van der Waals surface area contributed by atoms with E-state index in [0.717, 1.165) is 34.3 Å². The number of rotatable bonds is 9. The molecule has 36 heavy (non-hydrogen) atoms. The molecule has 0 amide bonds. The average Bonchev–Trinajstić information content (AvgIpc) is 3.71. The number of nitrogens with zero attached hydrogens (tertiary/aromatic N) is 1. The van der Waals surface area contributed by atoms with Gasteiger partial charge in [0.2, 0.25) is 0 Å². The molecule has 0 saturated heterocycles. The van der Waals surface area contributed by atoms with Crippen molar-refractivity contribution in [1.82, 2.24) is 4.98 Å². The molecule has 1 atom stereocenters. The van der Waals surface area contributed by atoms with Crippen LogP contribution >= 0.6 is 0 Å². The second-order valence-electron chi connectivity index (χ2n) is 9.52. The molecular weight excluding hydrogens is 440 g/mol. The highest BCUT2D eigenvalue weighted by molar-refractivity contribution is 5.89. The maximum absolute atomic E-state index is 5.48. The van der Waals surface area contributed by atoms with Crippen molar-refractivity contribution >= 4 is 22.7 Å². The van der Waals surface area contributed by atoms with Crippen LogP contribution in [0.3, 0.4) is 0 Å². The Morgan fingerprint density at radius 2 is 1.81 bits per heavy atom. The zero-order valence-corrected chi connectivity index (χ0v) is 23.6. The zero-order valence-electron chi connectivity index (χ0n) is 23.6. The first-order valence-electron chi connectivity index (χ1n) is 13.5. The summed E-state index contributed by atoms with van der Waals surface area (Å²) < 4.78 is 5.48. The molecule has 4 rings (SSSR count). The number of pyridine rings is 1. The summed E-state index contributed by atoms with van der Waals surface area (Å²) in [4.78, 5) is 4.40. The number of aryl methyl sites for hydroxylation is 1. The lowest BCUT2D eigenvalue weighted by molar-refractivity contribution is 0.406. The molecule has 3 heteroatoms. The van der Waals surface area contributed by atoms with Gasteiger partial charge < -0.3 is 10.1 Å². The number of fused-ring (bicyclic) bond motifs is 1. The molecule has 3 aromatic rings. The van der Waals surface area contributed by atoms with Crippen LogP contribution in [0.4, 0.5) is 5.69 Å². The van der Waals surface area contributed by atoms with Gasteiger partial charge in [-0.1, -0.05) is 78.0 Å². The zero-order chi connectivity index (χ0) is 26.7. The Labute approximate surface area is 219 Å². The van der Waals surface area contributed by atoms with Crippen molar-refractivity contribution in [3.8, 4) is 5.75 Å². The highest BCUT2D eigenvalue weighted by Crippen LogP contribution is 2.54. The van der Waals surface area contributed by atoms with Gasteiger partial charge in [0.25, 0.3) is 0 Å². The maximum atomic E-state index is 5.48. The van der Waals surface area contributed by atoms with Crippen LogP contribution in [0.1, 0.15) is 89.3 Å². The van der Waals surface area contributed by atoms with Crippen LogP contribution in [0, 0.1) is 12.3 Å². The number of anilines is 1. The van der Waals surface area contributed by atoms with E-state index in [0.29, 0.717) is 11.3 Å². The minimum Gasteiger partial charge on any atom is -0.496 e. The van der Waals surface area contributed by atoms with Gasteiger partial charge in [0.15, 0.2) is 0 Å². The fraction of sp³-hybridized carbons (Fsp3) is 0.424. The SMILES string of the molecule is C=C(Nc1ccc(C)cc1)C1(CCC)CC1.C=Cc1ccnc2cc(OC)c(C(C)CC)cc12.CC. The number of ether oxygens (including phenoxy) is 1. The third-order valence-electron chi connectivity index (χ3n) is 7.06. The standard InChI is InChI=1S/C16H19NO.C15H21N.C2H6/c1-5-11(3)13-9-14-12(6-2)7-8-17-15(14)10-16(13)18-4;1-4-9-15(10-11-15)13(3)16-14-7-5-12(2)6-8-14;1-2/h6-11H,2,5H2,1,3-4H3;5-8,16H,3-4,9-11H2,1-2H3;1-2H3. The molecule has 3 nitrogen and oxygen atoms in total. The quantitative estimate of drug-likeness (QED) is 0.327. The number of allylic oxidation sites excluding steroid dienone is 1. The lowest BCUT2D eigenvalue weighted by Gasteiger charge is -2.19. The Balaban J connectivity index is 0.000000239. The van der Waals surface area contributed by atoms with E-state index >= 15 is 0 Å². The first-order chi connectivity index (χ1) is 17.4. The van der Waals surface area contributed by atoms with Gasteiger partial charge in [-0.2, -0.15) is 0 Å². The van der Waals surface area contributed by atoms with E-state index in [-0.39, 0.29) is 0 Å². The van der Waals surface area contributed by atoms with E-state index in [1.807, 2.05) is 38.3 Å². The summed E-state index contributed by atoms with van der Waals surface area (Å²) in [6.45, 7) is 20.8. The van der Waals surface area contributed by atoms with Crippen molar-refractivity contribution in [3.05, 3.63) is 84.2 Å². The highest BCUT2D eigenvalue weighted by atomic mass is 16.5. The smallest absolute Gasteiger partial charge is 0.124 e. The van der Waals surface area contributed by atoms with Gasteiger partial charge in [-0.05, 0) is 73.9 Å². The molecule has 0 radical (unpaired) electrons. The summed E-state index contributed by atoms with van der Waals surface area (Å²) in [6.07, 6.45) is 9.89. The van der Waals surface area contributed by atoms with Crippen molar-refractivity contribution in [1.29, 1.82) is 0 Å². The summed E-state index contributed by atoms with van der Waals surface area (Å²) in [5.41, 5.74) is 7.38. The molecule has 0 bridgehead atoms. The van der Waals surface area contributed by atoms with Crippen LogP contribution < -0.4 is 10.1 Å².